The molecule has 4 atom stereocenters. The van der Waals surface area contributed by atoms with Gasteiger partial charge in [-0.25, -0.2) is 14.9 Å². The topological polar surface area (TPSA) is 205 Å². The average molecular weight is 929 g/mol. The van der Waals surface area contributed by atoms with E-state index in [1.165, 1.54) is 30.5 Å². The predicted octanol–water partition coefficient (Wildman–Crippen LogP) is 6.37. The van der Waals surface area contributed by atoms with Crippen LogP contribution in [0.2, 0.25) is 0 Å². The zero-order chi connectivity index (χ0) is 47.5. The number of hydrogen-bond acceptors (Lipinski definition) is 13. The van der Waals surface area contributed by atoms with E-state index in [1.54, 1.807) is 55.5 Å². The number of aryl methyl sites for hydroxylation is 1. The molecule has 4 unspecified atom stereocenters. The SMILES string of the molecule is COc1ccc(C(OCC2OC(n3cc(C)c(=O)[nH]c3=O)CC2OP(OCCC#N)N(C(C)C)C(C)C)(c2ccc(NC(=O)CONC(=O)C(F)(F)F)cc2)c2ccc(OC)cc2)cc1. The molecule has 0 spiro atoms. The maximum absolute atomic E-state index is 13.2. The minimum atomic E-state index is -5.20. The lowest BCUT2D eigenvalue weighted by Crippen LogP contribution is -2.40. The van der Waals surface area contributed by atoms with Crippen LogP contribution in [0.4, 0.5) is 18.9 Å². The van der Waals surface area contributed by atoms with Crippen molar-refractivity contribution in [3.63, 3.8) is 0 Å². The van der Waals surface area contributed by atoms with Crippen LogP contribution in [-0.4, -0.2) is 90.5 Å². The number of aromatic amines is 1. The van der Waals surface area contributed by atoms with Gasteiger partial charge in [-0.15, -0.1) is 0 Å². The number of anilines is 1. The van der Waals surface area contributed by atoms with E-state index in [0.717, 1.165) is 0 Å². The van der Waals surface area contributed by atoms with Crippen LogP contribution in [0, 0.1) is 18.3 Å². The minimum Gasteiger partial charge on any atom is -0.497 e. The maximum atomic E-state index is 13.2. The first-order chi connectivity index (χ1) is 30.9. The van der Waals surface area contributed by atoms with Gasteiger partial charge in [0.25, 0.3) is 20.0 Å². The molecule has 17 nitrogen and oxygen atoms in total. The average Bonchev–Trinajstić information content (AvgIpc) is 3.67. The summed E-state index contributed by atoms with van der Waals surface area (Å²) >= 11 is 0. The number of halogens is 3. The lowest BCUT2D eigenvalue weighted by atomic mass is 9.79. The van der Waals surface area contributed by atoms with Crippen LogP contribution in [0.25, 0.3) is 0 Å². The lowest BCUT2D eigenvalue weighted by Gasteiger charge is -2.39. The number of rotatable bonds is 21. The van der Waals surface area contributed by atoms with E-state index in [2.05, 4.69) is 25.9 Å². The summed E-state index contributed by atoms with van der Waals surface area (Å²) in [5.74, 6) is -2.09. The third-order valence-electron chi connectivity index (χ3n) is 10.2. The Balaban J connectivity index is 1.58. The summed E-state index contributed by atoms with van der Waals surface area (Å²) in [7, 11) is 1.26. The number of H-pyrrole nitrogens is 1. The summed E-state index contributed by atoms with van der Waals surface area (Å²) in [6, 6.07) is 22.9. The number of amides is 2. The maximum Gasteiger partial charge on any atom is 0.473 e. The van der Waals surface area contributed by atoms with E-state index in [-0.39, 0.29) is 49.4 Å². The zero-order valence-corrected chi connectivity index (χ0v) is 37.7. The van der Waals surface area contributed by atoms with Gasteiger partial charge in [-0.3, -0.25) is 28.8 Å². The number of hydroxylamine groups is 1. The fraction of sp³-hybridized carbons (Fsp3) is 0.432. The van der Waals surface area contributed by atoms with E-state index in [1.807, 2.05) is 52.0 Å². The molecule has 0 radical (unpaired) electrons. The van der Waals surface area contributed by atoms with Crippen LogP contribution in [0.15, 0.2) is 88.6 Å². The molecular formula is C44H52F3N6O11P. The van der Waals surface area contributed by atoms with Gasteiger partial charge in [-0.1, -0.05) is 36.4 Å². The van der Waals surface area contributed by atoms with E-state index < -0.39 is 68.4 Å². The first-order valence-electron chi connectivity index (χ1n) is 20.5. The molecule has 0 saturated carbocycles. The van der Waals surface area contributed by atoms with Crippen LogP contribution >= 0.6 is 8.53 Å². The third kappa shape index (κ3) is 12.6. The quantitative estimate of drug-likeness (QED) is 0.0360. The number of ether oxygens (including phenoxy) is 4. The van der Waals surface area contributed by atoms with Crippen LogP contribution in [0.3, 0.4) is 0 Å². The van der Waals surface area contributed by atoms with Crippen LogP contribution < -0.4 is 31.5 Å². The molecule has 350 valence electrons. The molecular weight excluding hydrogens is 876 g/mol. The second-order valence-electron chi connectivity index (χ2n) is 15.3. The Morgan fingerprint density at radius 2 is 1.49 bits per heavy atom. The second kappa shape index (κ2) is 22.5. The van der Waals surface area contributed by atoms with E-state index in [9.17, 15) is 37.6 Å². The number of hydrogen-bond donors (Lipinski definition) is 3. The van der Waals surface area contributed by atoms with E-state index in [4.69, 9.17) is 28.0 Å². The van der Waals surface area contributed by atoms with Crippen molar-refractivity contribution < 1.29 is 55.6 Å². The summed E-state index contributed by atoms with van der Waals surface area (Å²) in [5.41, 5.74) is 0.844. The number of nitrogens with zero attached hydrogens (tertiary/aromatic N) is 3. The van der Waals surface area contributed by atoms with Crippen molar-refractivity contribution in [2.75, 3.05) is 39.4 Å². The number of nitrogens with one attached hydrogen (secondary N) is 3. The number of benzene rings is 3. The number of nitriles is 1. The van der Waals surface area contributed by atoms with Gasteiger partial charge in [-0.05, 0) is 87.7 Å². The normalized spacial score (nSPS) is 17.0. The highest BCUT2D eigenvalue weighted by Crippen LogP contribution is 2.51. The predicted molar refractivity (Wildman–Crippen MR) is 232 cm³/mol. The molecule has 21 heteroatoms. The standard InChI is InChI=1S/C44H52F3N6O11P/c1-27(2)53(28(3)4)65(62-22-8-21-48)64-36-23-39(52-24-29(5)40(55)50-42(52)57)63-37(36)25-60-43(31-11-17-34(58-6)18-12-31,32-13-19-35(59-7)20-14-32)30-9-15-33(16-10-30)49-38(54)26-61-51-41(56)44(45,46)47/h9-20,24,27-28,36-37,39H,8,22-23,25-26H2,1-7H3,(H,49,54)(H,51,56)(H,50,55,57). The summed E-state index contributed by atoms with van der Waals surface area (Å²) in [5, 5.41) is 11.9. The Kier molecular flexibility index (Phi) is 17.4. The molecule has 1 fully saturated rings. The Hall–Kier alpha value is -5.65. The Morgan fingerprint density at radius 1 is 0.938 bits per heavy atom. The highest BCUT2D eigenvalue weighted by molar-refractivity contribution is 7.44. The van der Waals surface area contributed by atoms with Crippen LogP contribution in [-0.2, 0) is 38.5 Å². The first kappa shape index (κ1) is 50.4. The number of alkyl halides is 3. The highest BCUT2D eigenvalue weighted by Gasteiger charge is 2.45. The minimum absolute atomic E-state index is 0.0335. The summed E-state index contributed by atoms with van der Waals surface area (Å²) in [4.78, 5) is 56.2. The van der Waals surface area contributed by atoms with E-state index >= 15 is 0 Å². The van der Waals surface area contributed by atoms with Crippen molar-refractivity contribution in [3.8, 4) is 17.6 Å². The molecule has 1 saturated heterocycles. The van der Waals surface area contributed by atoms with Crippen molar-refractivity contribution >= 4 is 26.0 Å². The zero-order valence-electron chi connectivity index (χ0n) is 36.8. The van der Waals surface area contributed by atoms with Gasteiger partial charge >= 0.3 is 17.8 Å². The summed E-state index contributed by atoms with van der Waals surface area (Å²) in [6.45, 7) is 8.61. The molecule has 3 aromatic carbocycles. The summed E-state index contributed by atoms with van der Waals surface area (Å²) < 4.78 is 79.1. The molecule has 65 heavy (non-hydrogen) atoms. The van der Waals surface area contributed by atoms with Gasteiger partial charge in [-0.2, -0.15) is 18.4 Å². The van der Waals surface area contributed by atoms with Crippen molar-refractivity contribution in [1.82, 2.24) is 19.7 Å². The smallest absolute Gasteiger partial charge is 0.473 e. The Morgan fingerprint density at radius 3 is 2.00 bits per heavy atom. The molecule has 2 amide bonds. The number of carbonyl (C=O) groups excluding carboxylic acids is 2. The third-order valence-corrected chi connectivity index (χ3v) is 12.3. The van der Waals surface area contributed by atoms with Gasteiger partial charge in [0.15, 0.2) is 6.61 Å². The monoisotopic (exact) mass is 928 g/mol. The number of carbonyl (C=O) groups is 2. The van der Waals surface area contributed by atoms with Gasteiger partial charge in [0.05, 0.1) is 46.0 Å². The molecule has 1 aliphatic heterocycles. The number of aromatic nitrogens is 2. The lowest BCUT2D eigenvalue weighted by molar-refractivity contribution is -0.186. The van der Waals surface area contributed by atoms with Crippen molar-refractivity contribution in [2.24, 2.45) is 0 Å². The van der Waals surface area contributed by atoms with Gasteiger partial charge in [0.1, 0.15) is 29.4 Å². The molecule has 4 aromatic rings. The Bertz CT molecular complexity index is 2320. The highest BCUT2D eigenvalue weighted by atomic mass is 31.2. The molecule has 0 bridgehead atoms. The molecule has 1 aliphatic rings. The summed E-state index contributed by atoms with van der Waals surface area (Å²) in [6.07, 6.45) is -6.07. The molecule has 2 heterocycles. The van der Waals surface area contributed by atoms with Crippen molar-refractivity contribution in [1.29, 1.82) is 5.26 Å². The van der Waals surface area contributed by atoms with Crippen LogP contribution in [0.5, 0.6) is 11.5 Å². The van der Waals surface area contributed by atoms with Crippen molar-refractivity contribution in [3.05, 3.63) is 122 Å². The van der Waals surface area contributed by atoms with Gasteiger partial charge in [0, 0.05) is 36.0 Å². The first-order valence-corrected chi connectivity index (χ1v) is 21.6. The van der Waals surface area contributed by atoms with Gasteiger partial charge in [0.2, 0.25) is 0 Å². The molecule has 0 aliphatic carbocycles. The molecule has 5 rings (SSSR count). The fourth-order valence-corrected chi connectivity index (χ4v) is 8.92. The second-order valence-corrected chi connectivity index (χ2v) is 16.7. The van der Waals surface area contributed by atoms with Gasteiger partial charge < -0.3 is 33.3 Å². The number of methoxy groups -OCH3 is 2. The Labute approximate surface area is 374 Å². The van der Waals surface area contributed by atoms with Crippen LogP contribution in [0.1, 0.15) is 69.0 Å². The molecule has 3 N–H and O–H groups in total. The van der Waals surface area contributed by atoms with Crippen molar-refractivity contribution in [2.45, 2.75) is 89.8 Å². The molecule has 1 aromatic heterocycles. The van der Waals surface area contributed by atoms with E-state index in [0.29, 0.717) is 28.2 Å². The largest absolute Gasteiger partial charge is 0.497 e. The fourth-order valence-electron chi connectivity index (χ4n) is 7.16.